The summed E-state index contributed by atoms with van der Waals surface area (Å²) in [7, 11) is 0. The first-order valence-electron chi connectivity index (χ1n) is 7.94. The lowest BCUT2D eigenvalue weighted by Crippen LogP contribution is -2.34. The number of fused-ring (bicyclic) bond motifs is 1. The number of nitrogens with zero attached hydrogens (tertiary/aromatic N) is 2. The van der Waals surface area contributed by atoms with Crippen molar-refractivity contribution in [1.29, 1.82) is 0 Å². The lowest BCUT2D eigenvalue weighted by Gasteiger charge is -2.10. The Kier molecular flexibility index (Phi) is 6.86. The largest absolute Gasteiger partial charge is 0.586 e. The van der Waals surface area contributed by atoms with Gasteiger partial charge in [-0.25, -0.2) is 10.5 Å². The van der Waals surface area contributed by atoms with Crippen LogP contribution in [0.5, 0.6) is 17.2 Å². The topological polar surface area (TPSA) is 126 Å². The second kappa shape index (κ2) is 8.91. The highest BCUT2D eigenvalue weighted by Crippen LogP contribution is 2.50. The minimum absolute atomic E-state index is 0.00269. The minimum Gasteiger partial charge on any atom is -0.489 e. The van der Waals surface area contributed by atoms with E-state index in [1.165, 1.54) is 12.1 Å². The SMILES string of the molecule is CC(C)N=C(N)N=C(N)NOCCCOc1ccc(Cl)c2c1OC(F)(F)O2. The average molecular weight is 408 g/mol. The fourth-order valence-corrected chi connectivity index (χ4v) is 2.15. The summed E-state index contributed by atoms with van der Waals surface area (Å²) in [4.78, 5) is 12.9. The highest BCUT2D eigenvalue weighted by atomic mass is 35.5. The maximum absolute atomic E-state index is 13.2. The maximum Gasteiger partial charge on any atom is 0.586 e. The van der Waals surface area contributed by atoms with Crippen molar-refractivity contribution in [2.75, 3.05) is 13.2 Å². The molecule has 0 unspecified atom stereocenters. The molecule has 0 fully saturated rings. The minimum atomic E-state index is -3.78. The normalized spacial score (nSPS) is 15.9. The van der Waals surface area contributed by atoms with Gasteiger partial charge in [0.15, 0.2) is 11.5 Å². The quantitative estimate of drug-likeness (QED) is 0.273. The van der Waals surface area contributed by atoms with E-state index in [9.17, 15) is 8.78 Å². The molecule has 0 aliphatic carbocycles. The Morgan fingerprint density at radius 2 is 1.96 bits per heavy atom. The van der Waals surface area contributed by atoms with Gasteiger partial charge in [-0.15, -0.1) is 8.78 Å². The van der Waals surface area contributed by atoms with Crippen molar-refractivity contribution in [3.63, 3.8) is 0 Å². The van der Waals surface area contributed by atoms with Gasteiger partial charge in [-0.3, -0.25) is 4.84 Å². The molecule has 0 amide bonds. The zero-order valence-electron chi connectivity index (χ0n) is 14.7. The number of nitrogens with one attached hydrogen (secondary N) is 1. The highest BCUT2D eigenvalue weighted by Gasteiger charge is 2.46. The molecule has 150 valence electrons. The van der Waals surface area contributed by atoms with E-state index < -0.39 is 6.29 Å². The van der Waals surface area contributed by atoms with Gasteiger partial charge in [0.1, 0.15) is 0 Å². The monoisotopic (exact) mass is 407 g/mol. The van der Waals surface area contributed by atoms with Gasteiger partial charge in [0.2, 0.25) is 17.7 Å². The summed E-state index contributed by atoms with van der Waals surface area (Å²) >= 11 is 5.80. The predicted octanol–water partition coefficient (Wildman–Crippen LogP) is 1.99. The Labute approximate surface area is 159 Å². The van der Waals surface area contributed by atoms with Crippen LogP contribution in [0.25, 0.3) is 0 Å². The number of guanidine groups is 2. The summed E-state index contributed by atoms with van der Waals surface area (Å²) in [6.45, 7) is 4.03. The molecule has 0 aromatic heterocycles. The number of nitrogens with two attached hydrogens (primary N) is 2. The van der Waals surface area contributed by atoms with Gasteiger partial charge in [0, 0.05) is 12.5 Å². The smallest absolute Gasteiger partial charge is 0.489 e. The molecule has 0 atom stereocenters. The van der Waals surface area contributed by atoms with Gasteiger partial charge in [-0.05, 0) is 26.0 Å². The van der Waals surface area contributed by atoms with Crippen LogP contribution in [0.2, 0.25) is 5.02 Å². The molecule has 1 aliphatic rings. The number of hydrogen-bond acceptors (Lipinski definition) is 5. The summed E-state index contributed by atoms with van der Waals surface area (Å²) in [5.41, 5.74) is 13.5. The van der Waals surface area contributed by atoms with Crippen LogP contribution in [0.4, 0.5) is 8.78 Å². The first-order chi connectivity index (χ1) is 12.7. The number of hydrogen-bond donors (Lipinski definition) is 3. The number of hydroxylamine groups is 1. The zero-order chi connectivity index (χ0) is 20.0. The molecule has 0 spiro atoms. The molecule has 0 bridgehead atoms. The van der Waals surface area contributed by atoms with Gasteiger partial charge in [-0.1, -0.05) is 11.6 Å². The second-order valence-electron chi connectivity index (χ2n) is 5.60. The van der Waals surface area contributed by atoms with E-state index in [2.05, 4.69) is 24.9 Å². The lowest BCUT2D eigenvalue weighted by molar-refractivity contribution is -0.287. The molecule has 27 heavy (non-hydrogen) atoms. The Balaban J connectivity index is 1.75. The number of alkyl halides is 2. The van der Waals surface area contributed by atoms with E-state index in [-0.39, 0.29) is 53.4 Å². The van der Waals surface area contributed by atoms with Crippen molar-refractivity contribution in [2.45, 2.75) is 32.6 Å². The molecular weight excluding hydrogens is 388 g/mol. The Hall–Kier alpha value is -2.53. The molecule has 0 radical (unpaired) electrons. The Morgan fingerprint density at radius 1 is 1.26 bits per heavy atom. The van der Waals surface area contributed by atoms with Gasteiger partial charge >= 0.3 is 6.29 Å². The lowest BCUT2D eigenvalue weighted by atomic mass is 10.3. The summed E-state index contributed by atoms with van der Waals surface area (Å²) in [5, 5.41) is -0.00269. The first kappa shape index (κ1) is 20.8. The average Bonchev–Trinajstić information content (AvgIpc) is 2.88. The van der Waals surface area contributed by atoms with Gasteiger partial charge < -0.3 is 25.7 Å². The van der Waals surface area contributed by atoms with E-state index in [0.29, 0.717) is 6.42 Å². The standard InChI is InChI=1S/C15H20ClF2N5O4/c1-8(2)21-13(19)22-14(20)23-25-7-3-6-24-10-5-4-9(16)11-12(10)27-15(17,18)26-11/h4-5,8H,3,6-7H2,1-2H3,(H5,19,20,21,22,23). The number of benzene rings is 1. The highest BCUT2D eigenvalue weighted by molar-refractivity contribution is 6.32. The predicted molar refractivity (Wildman–Crippen MR) is 95.2 cm³/mol. The summed E-state index contributed by atoms with van der Waals surface area (Å²) in [5.74, 6) is -0.457. The Morgan fingerprint density at radius 3 is 2.67 bits per heavy atom. The molecule has 1 heterocycles. The van der Waals surface area contributed by atoms with Crippen LogP contribution in [0.3, 0.4) is 0 Å². The number of aliphatic imine (C=N–C) groups is 2. The summed E-state index contributed by atoms with van der Waals surface area (Å²) in [6, 6.07) is 2.77. The van der Waals surface area contributed by atoms with E-state index in [1.54, 1.807) is 0 Å². The van der Waals surface area contributed by atoms with E-state index in [1.807, 2.05) is 13.8 Å². The maximum atomic E-state index is 13.2. The van der Waals surface area contributed by atoms with Crippen molar-refractivity contribution >= 4 is 23.5 Å². The van der Waals surface area contributed by atoms with Crippen LogP contribution in [0, 0.1) is 0 Å². The summed E-state index contributed by atoms with van der Waals surface area (Å²) in [6.07, 6.45) is -3.37. The molecule has 1 aromatic carbocycles. The van der Waals surface area contributed by atoms with E-state index in [0.717, 1.165) is 0 Å². The molecule has 9 nitrogen and oxygen atoms in total. The number of ether oxygens (including phenoxy) is 3. The molecule has 12 heteroatoms. The third-order valence-corrected chi connectivity index (χ3v) is 3.22. The van der Waals surface area contributed by atoms with Gasteiger partial charge in [0.25, 0.3) is 0 Å². The summed E-state index contributed by atoms with van der Waals surface area (Å²) < 4.78 is 40.6. The molecule has 1 aromatic rings. The van der Waals surface area contributed by atoms with Crippen molar-refractivity contribution in [3.05, 3.63) is 17.2 Å². The van der Waals surface area contributed by atoms with Crippen LogP contribution in [0.15, 0.2) is 22.1 Å². The molecule has 2 rings (SSSR count). The van der Waals surface area contributed by atoms with Gasteiger partial charge in [-0.2, -0.15) is 4.99 Å². The first-order valence-corrected chi connectivity index (χ1v) is 8.32. The fraction of sp³-hybridized carbons (Fsp3) is 0.467. The fourth-order valence-electron chi connectivity index (χ4n) is 1.96. The molecular formula is C15H20ClF2N5O4. The third kappa shape index (κ3) is 6.29. The molecule has 1 aliphatic heterocycles. The van der Waals surface area contributed by atoms with Crippen LogP contribution < -0.4 is 31.2 Å². The van der Waals surface area contributed by atoms with E-state index in [4.69, 9.17) is 32.6 Å². The molecule has 5 N–H and O–H groups in total. The van der Waals surface area contributed by atoms with Crippen LogP contribution >= 0.6 is 11.6 Å². The van der Waals surface area contributed by atoms with Crippen LogP contribution in [-0.2, 0) is 4.84 Å². The van der Waals surface area contributed by atoms with Crippen LogP contribution in [-0.4, -0.2) is 37.5 Å². The van der Waals surface area contributed by atoms with Crippen molar-refractivity contribution in [3.8, 4) is 17.2 Å². The molecule has 0 saturated heterocycles. The van der Waals surface area contributed by atoms with E-state index >= 15 is 0 Å². The number of rotatable bonds is 7. The zero-order valence-corrected chi connectivity index (χ0v) is 15.4. The van der Waals surface area contributed by atoms with Crippen LogP contribution in [0.1, 0.15) is 20.3 Å². The third-order valence-electron chi connectivity index (χ3n) is 2.92. The number of halogens is 3. The van der Waals surface area contributed by atoms with Crippen molar-refractivity contribution < 1.29 is 27.8 Å². The molecule has 0 saturated carbocycles. The Bertz CT molecular complexity index is 730. The van der Waals surface area contributed by atoms with Gasteiger partial charge in [0.05, 0.1) is 18.2 Å². The van der Waals surface area contributed by atoms with Crippen molar-refractivity contribution in [2.24, 2.45) is 21.5 Å². The van der Waals surface area contributed by atoms with Crippen molar-refractivity contribution in [1.82, 2.24) is 5.48 Å². The second-order valence-corrected chi connectivity index (χ2v) is 6.01.